The fourth-order valence-corrected chi connectivity index (χ4v) is 2.89. The van der Waals surface area contributed by atoms with Gasteiger partial charge in [-0.05, 0) is 38.8 Å². The molecule has 5 heteroatoms. The standard InChI is InChI=1S/C18H28N4O/c1-14(2)13-22-11-8-16(9-12-22)20-18(23)21(4)15(3)17-7-5-6-10-19-17/h5-7,10,15-16H,1,8-9,11-13H2,2-4H3,(H,20,23). The van der Waals surface area contributed by atoms with Crippen LogP contribution in [0.15, 0.2) is 36.5 Å². The van der Waals surface area contributed by atoms with E-state index in [1.54, 1.807) is 11.1 Å². The van der Waals surface area contributed by atoms with Crippen LogP contribution < -0.4 is 5.32 Å². The monoisotopic (exact) mass is 316 g/mol. The van der Waals surface area contributed by atoms with Crippen LogP contribution in [0.4, 0.5) is 4.79 Å². The molecule has 1 N–H and O–H groups in total. The molecular weight excluding hydrogens is 288 g/mol. The molecule has 0 spiro atoms. The number of hydrogen-bond acceptors (Lipinski definition) is 3. The van der Waals surface area contributed by atoms with Gasteiger partial charge >= 0.3 is 6.03 Å². The van der Waals surface area contributed by atoms with E-state index < -0.39 is 0 Å². The Kier molecular flexibility index (Phi) is 6.16. The van der Waals surface area contributed by atoms with Crippen molar-refractivity contribution in [3.63, 3.8) is 0 Å². The minimum Gasteiger partial charge on any atom is -0.335 e. The Morgan fingerprint density at radius 3 is 2.74 bits per heavy atom. The highest BCUT2D eigenvalue weighted by molar-refractivity contribution is 5.74. The Balaban J connectivity index is 1.82. The summed E-state index contributed by atoms with van der Waals surface area (Å²) in [6.45, 7) is 11.0. The van der Waals surface area contributed by atoms with Gasteiger partial charge in [0.15, 0.2) is 0 Å². The lowest BCUT2D eigenvalue weighted by Crippen LogP contribution is -2.49. The average molecular weight is 316 g/mol. The van der Waals surface area contributed by atoms with Gasteiger partial charge < -0.3 is 10.2 Å². The number of piperidine rings is 1. The van der Waals surface area contributed by atoms with Gasteiger partial charge in [-0.25, -0.2) is 4.79 Å². The van der Waals surface area contributed by atoms with Crippen LogP contribution in [0.1, 0.15) is 38.4 Å². The van der Waals surface area contributed by atoms with Gasteiger partial charge in [-0.2, -0.15) is 0 Å². The topological polar surface area (TPSA) is 48.5 Å². The Morgan fingerprint density at radius 2 is 2.17 bits per heavy atom. The Hall–Kier alpha value is -1.88. The highest BCUT2D eigenvalue weighted by atomic mass is 16.2. The van der Waals surface area contributed by atoms with E-state index in [4.69, 9.17) is 0 Å². The molecule has 1 aromatic rings. The van der Waals surface area contributed by atoms with Gasteiger partial charge in [-0.3, -0.25) is 9.88 Å². The number of nitrogens with zero attached hydrogens (tertiary/aromatic N) is 3. The van der Waals surface area contributed by atoms with Crippen LogP contribution in [0, 0.1) is 0 Å². The molecule has 0 radical (unpaired) electrons. The number of pyridine rings is 1. The number of carbonyl (C=O) groups excluding carboxylic acids is 1. The largest absolute Gasteiger partial charge is 0.335 e. The van der Waals surface area contributed by atoms with E-state index in [2.05, 4.69) is 28.7 Å². The second-order valence-electron chi connectivity index (χ2n) is 6.50. The molecule has 1 saturated heterocycles. The first-order valence-electron chi connectivity index (χ1n) is 8.28. The summed E-state index contributed by atoms with van der Waals surface area (Å²) in [4.78, 5) is 20.9. The third-order valence-electron chi connectivity index (χ3n) is 4.43. The summed E-state index contributed by atoms with van der Waals surface area (Å²) in [6, 6.07) is 5.96. The molecule has 1 fully saturated rings. The zero-order valence-corrected chi connectivity index (χ0v) is 14.5. The van der Waals surface area contributed by atoms with Crippen molar-refractivity contribution in [3.8, 4) is 0 Å². The van der Waals surface area contributed by atoms with Crippen LogP contribution >= 0.6 is 0 Å². The molecule has 2 rings (SSSR count). The Bertz CT molecular complexity index is 523. The summed E-state index contributed by atoms with van der Waals surface area (Å²) < 4.78 is 0. The lowest BCUT2D eigenvalue weighted by Gasteiger charge is -2.34. The van der Waals surface area contributed by atoms with Crippen molar-refractivity contribution in [1.29, 1.82) is 0 Å². The number of nitrogens with one attached hydrogen (secondary N) is 1. The molecule has 0 aliphatic carbocycles. The quantitative estimate of drug-likeness (QED) is 0.850. The SMILES string of the molecule is C=C(C)CN1CCC(NC(=O)N(C)C(C)c2ccccn2)CC1. The summed E-state index contributed by atoms with van der Waals surface area (Å²) in [5.41, 5.74) is 2.10. The summed E-state index contributed by atoms with van der Waals surface area (Å²) in [5.74, 6) is 0. The predicted molar refractivity (Wildman–Crippen MR) is 93.2 cm³/mol. The van der Waals surface area contributed by atoms with E-state index in [1.807, 2.05) is 32.2 Å². The maximum absolute atomic E-state index is 12.4. The maximum Gasteiger partial charge on any atom is 0.317 e. The average Bonchev–Trinajstić information content (AvgIpc) is 2.55. The number of likely N-dealkylation sites (tertiary alicyclic amines) is 1. The molecule has 1 aliphatic heterocycles. The molecule has 23 heavy (non-hydrogen) atoms. The van der Waals surface area contributed by atoms with Crippen LogP contribution in [0.5, 0.6) is 0 Å². The highest BCUT2D eigenvalue weighted by Gasteiger charge is 2.24. The first kappa shape index (κ1) is 17.5. The minimum absolute atomic E-state index is 0.0264. The van der Waals surface area contributed by atoms with Gasteiger partial charge in [-0.1, -0.05) is 18.2 Å². The molecule has 126 valence electrons. The molecule has 5 nitrogen and oxygen atoms in total. The van der Waals surface area contributed by atoms with Crippen LogP contribution in [-0.4, -0.2) is 53.5 Å². The van der Waals surface area contributed by atoms with Crippen molar-refractivity contribution >= 4 is 6.03 Å². The molecule has 1 aliphatic rings. The molecule has 0 bridgehead atoms. The highest BCUT2D eigenvalue weighted by Crippen LogP contribution is 2.17. The van der Waals surface area contributed by atoms with E-state index in [9.17, 15) is 4.79 Å². The molecular formula is C18H28N4O. The second kappa shape index (κ2) is 8.11. The first-order chi connectivity index (χ1) is 11.0. The zero-order chi connectivity index (χ0) is 16.8. The van der Waals surface area contributed by atoms with E-state index >= 15 is 0 Å². The van der Waals surface area contributed by atoms with Gasteiger partial charge in [0.25, 0.3) is 0 Å². The van der Waals surface area contributed by atoms with Gasteiger partial charge in [0, 0.05) is 38.9 Å². The second-order valence-corrected chi connectivity index (χ2v) is 6.50. The third-order valence-corrected chi connectivity index (χ3v) is 4.43. The molecule has 0 saturated carbocycles. The van der Waals surface area contributed by atoms with Crippen LogP contribution in [0.25, 0.3) is 0 Å². The van der Waals surface area contributed by atoms with E-state index in [1.165, 1.54) is 5.57 Å². The van der Waals surface area contributed by atoms with Crippen molar-refractivity contribution in [3.05, 3.63) is 42.2 Å². The summed E-state index contributed by atoms with van der Waals surface area (Å²) in [6.07, 6.45) is 3.74. The van der Waals surface area contributed by atoms with E-state index in [-0.39, 0.29) is 18.1 Å². The number of carbonyl (C=O) groups is 1. The lowest BCUT2D eigenvalue weighted by molar-refractivity contribution is 0.173. The van der Waals surface area contributed by atoms with Crippen molar-refractivity contribution in [2.24, 2.45) is 0 Å². The smallest absolute Gasteiger partial charge is 0.317 e. The number of aromatic nitrogens is 1. The molecule has 1 atom stereocenters. The number of rotatable bonds is 5. The zero-order valence-electron chi connectivity index (χ0n) is 14.5. The van der Waals surface area contributed by atoms with Crippen molar-refractivity contribution in [2.45, 2.75) is 38.8 Å². The van der Waals surface area contributed by atoms with Crippen molar-refractivity contribution in [2.75, 3.05) is 26.7 Å². The number of hydrogen-bond donors (Lipinski definition) is 1. The van der Waals surface area contributed by atoms with Crippen LogP contribution in [0.2, 0.25) is 0 Å². The maximum atomic E-state index is 12.4. The van der Waals surface area contributed by atoms with Crippen molar-refractivity contribution < 1.29 is 4.79 Å². The molecule has 0 aromatic carbocycles. The van der Waals surface area contributed by atoms with Crippen molar-refractivity contribution in [1.82, 2.24) is 20.1 Å². The van der Waals surface area contributed by atoms with E-state index in [0.717, 1.165) is 38.2 Å². The van der Waals surface area contributed by atoms with Gasteiger partial charge in [0.2, 0.25) is 0 Å². The van der Waals surface area contributed by atoms with Crippen LogP contribution in [0.3, 0.4) is 0 Å². The fraction of sp³-hybridized carbons (Fsp3) is 0.556. The van der Waals surface area contributed by atoms with Gasteiger partial charge in [0.1, 0.15) is 0 Å². The fourth-order valence-electron chi connectivity index (χ4n) is 2.89. The summed E-state index contributed by atoms with van der Waals surface area (Å²) in [7, 11) is 1.82. The first-order valence-corrected chi connectivity index (χ1v) is 8.28. The summed E-state index contributed by atoms with van der Waals surface area (Å²) >= 11 is 0. The van der Waals surface area contributed by atoms with E-state index in [0.29, 0.717) is 0 Å². The van der Waals surface area contributed by atoms with Gasteiger partial charge in [-0.15, -0.1) is 0 Å². The molecule has 1 aromatic heterocycles. The number of urea groups is 1. The third kappa shape index (κ3) is 5.06. The van der Waals surface area contributed by atoms with Crippen LogP contribution in [-0.2, 0) is 0 Å². The minimum atomic E-state index is -0.0419. The normalized spacial score (nSPS) is 17.5. The molecule has 2 amide bonds. The summed E-state index contributed by atoms with van der Waals surface area (Å²) in [5, 5.41) is 3.15. The van der Waals surface area contributed by atoms with Gasteiger partial charge in [0.05, 0.1) is 11.7 Å². The molecule has 1 unspecified atom stereocenters. The number of amides is 2. The predicted octanol–water partition coefficient (Wildman–Crippen LogP) is 2.82. The Morgan fingerprint density at radius 1 is 1.48 bits per heavy atom. The molecule has 2 heterocycles. The lowest BCUT2D eigenvalue weighted by atomic mass is 10.0. The Labute approximate surface area is 139 Å².